The molecule has 0 spiro atoms. The maximum Gasteiger partial charge on any atom is 0.435 e. The Morgan fingerprint density at radius 3 is 2.91 bits per heavy atom. The molecule has 122 valence electrons. The van der Waals surface area contributed by atoms with Gasteiger partial charge in [-0.25, -0.2) is 0 Å². The van der Waals surface area contributed by atoms with Crippen molar-refractivity contribution in [2.75, 3.05) is 0 Å². The van der Waals surface area contributed by atoms with Crippen molar-refractivity contribution < 1.29 is 22.8 Å². The number of hydrogen-bond acceptors (Lipinski definition) is 3. The second-order valence-electron chi connectivity index (χ2n) is 5.31. The minimum absolute atomic E-state index is 0.0629. The molecule has 1 unspecified atom stereocenters. The van der Waals surface area contributed by atoms with Crippen LogP contribution >= 0.6 is 0 Å². The van der Waals surface area contributed by atoms with Gasteiger partial charge < -0.3 is 10.6 Å². The fourth-order valence-corrected chi connectivity index (χ4v) is 2.43. The number of aromatic nitrogens is 2. The molecule has 0 radical (unpaired) electrons. The molecule has 22 heavy (non-hydrogen) atoms. The van der Waals surface area contributed by atoms with Crippen molar-refractivity contribution in [1.29, 1.82) is 0 Å². The molecule has 0 aliphatic carbocycles. The van der Waals surface area contributed by atoms with E-state index in [1.54, 1.807) is 0 Å². The molecule has 2 N–H and O–H groups in total. The van der Waals surface area contributed by atoms with Gasteiger partial charge in [0.05, 0.1) is 0 Å². The van der Waals surface area contributed by atoms with Crippen molar-refractivity contribution in [3.63, 3.8) is 0 Å². The Balaban J connectivity index is 1.90. The van der Waals surface area contributed by atoms with Crippen LogP contribution in [-0.2, 0) is 29.4 Å². The third-order valence-electron chi connectivity index (χ3n) is 3.40. The highest BCUT2D eigenvalue weighted by molar-refractivity contribution is 5.80. The van der Waals surface area contributed by atoms with Crippen LogP contribution in [0.3, 0.4) is 0 Å². The molecule has 6 nitrogen and oxygen atoms in total. The van der Waals surface area contributed by atoms with E-state index in [1.165, 1.54) is 13.2 Å². The van der Waals surface area contributed by atoms with Crippen LogP contribution in [0.5, 0.6) is 0 Å². The molecule has 1 saturated heterocycles. The van der Waals surface area contributed by atoms with Crippen LogP contribution in [0, 0.1) is 0 Å². The number of carbonyl (C=O) groups is 2. The quantitative estimate of drug-likeness (QED) is 0.873. The first-order valence-electron chi connectivity index (χ1n) is 6.91. The molecule has 9 heteroatoms. The summed E-state index contributed by atoms with van der Waals surface area (Å²) >= 11 is 0. The van der Waals surface area contributed by atoms with Gasteiger partial charge in [-0.1, -0.05) is 0 Å². The molecule has 1 aromatic rings. The summed E-state index contributed by atoms with van der Waals surface area (Å²) in [4.78, 5) is 23.0. The third-order valence-corrected chi connectivity index (χ3v) is 3.40. The number of alkyl halides is 3. The Labute approximate surface area is 125 Å². The summed E-state index contributed by atoms with van der Waals surface area (Å²) in [6.07, 6.45) is -1.41. The average molecular weight is 318 g/mol. The van der Waals surface area contributed by atoms with Crippen LogP contribution in [0.15, 0.2) is 6.20 Å². The second-order valence-corrected chi connectivity index (χ2v) is 5.31. The van der Waals surface area contributed by atoms with E-state index in [0.29, 0.717) is 19.3 Å². The predicted octanol–water partition coefficient (Wildman–Crippen LogP) is 1.11. The lowest BCUT2D eigenvalue weighted by Gasteiger charge is -2.22. The van der Waals surface area contributed by atoms with Crippen LogP contribution in [-0.4, -0.2) is 27.6 Å². The number of carbonyl (C=O) groups excluding carboxylic acids is 2. The van der Waals surface area contributed by atoms with Crippen molar-refractivity contribution >= 4 is 11.8 Å². The highest BCUT2D eigenvalue weighted by atomic mass is 19.4. The summed E-state index contributed by atoms with van der Waals surface area (Å²) in [6, 6.07) is -0.253. The smallest absolute Gasteiger partial charge is 0.353 e. The lowest BCUT2D eigenvalue weighted by Crippen LogP contribution is -2.42. The summed E-state index contributed by atoms with van der Waals surface area (Å²) in [7, 11) is 1.39. The summed E-state index contributed by atoms with van der Waals surface area (Å²) in [6.45, 7) is -0.248. The minimum Gasteiger partial charge on any atom is -0.353 e. The Morgan fingerprint density at radius 1 is 1.55 bits per heavy atom. The Kier molecular flexibility index (Phi) is 4.72. The number of hydrogen-bond donors (Lipinski definition) is 2. The van der Waals surface area contributed by atoms with Crippen molar-refractivity contribution in [3.05, 3.63) is 17.5 Å². The Morgan fingerprint density at radius 2 is 2.27 bits per heavy atom. The van der Waals surface area contributed by atoms with Gasteiger partial charge in [0.25, 0.3) is 0 Å². The molecule has 1 aliphatic rings. The van der Waals surface area contributed by atoms with Gasteiger partial charge in [0, 0.05) is 44.2 Å². The summed E-state index contributed by atoms with van der Waals surface area (Å²) in [5, 5.41) is 8.50. The fraction of sp³-hybridized carbons (Fsp3) is 0.615. The normalized spacial score (nSPS) is 18.9. The number of nitrogens with zero attached hydrogens (tertiary/aromatic N) is 2. The lowest BCUT2D eigenvalue weighted by atomic mass is 10.0. The van der Waals surface area contributed by atoms with Crippen molar-refractivity contribution in [1.82, 2.24) is 20.4 Å². The van der Waals surface area contributed by atoms with E-state index in [1.807, 2.05) is 0 Å². The zero-order chi connectivity index (χ0) is 16.3. The van der Waals surface area contributed by atoms with E-state index < -0.39 is 17.8 Å². The van der Waals surface area contributed by atoms with Gasteiger partial charge in [-0.2, -0.15) is 18.3 Å². The molecule has 1 aliphatic heterocycles. The summed E-state index contributed by atoms with van der Waals surface area (Å²) in [5.41, 5.74) is -1.09. The van der Waals surface area contributed by atoms with Crippen LogP contribution in [0.2, 0.25) is 0 Å². The maximum absolute atomic E-state index is 12.8. The van der Waals surface area contributed by atoms with Gasteiger partial charge in [-0.15, -0.1) is 0 Å². The average Bonchev–Trinajstić information content (AvgIpc) is 2.78. The van der Waals surface area contributed by atoms with Gasteiger partial charge in [0.1, 0.15) is 0 Å². The molecule has 1 fully saturated rings. The molecule has 2 amide bonds. The van der Waals surface area contributed by atoms with Crippen LogP contribution < -0.4 is 10.6 Å². The Bertz CT molecular complexity index is 568. The molecule has 0 bridgehead atoms. The number of piperidine rings is 1. The lowest BCUT2D eigenvalue weighted by molar-refractivity contribution is -0.142. The van der Waals surface area contributed by atoms with E-state index in [-0.39, 0.29) is 30.5 Å². The zero-order valence-corrected chi connectivity index (χ0v) is 12.0. The number of amides is 2. The minimum atomic E-state index is -4.56. The number of rotatable bonds is 4. The molecular weight excluding hydrogens is 301 g/mol. The van der Waals surface area contributed by atoms with Gasteiger partial charge in [0.2, 0.25) is 11.8 Å². The molecular formula is C13H17F3N4O2. The largest absolute Gasteiger partial charge is 0.435 e. The third kappa shape index (κ3) is 4.22. The van der Waals surface area contributed by atoms with Crippen LogP contribution in [0.4, 0.5) is 13.2 Å². The highest BCUT2D eigenvalue weighted by Crippen LogP contribution is 2.30. The summed E-state index contributed by atoms with van der Waals surface area (Å²) in [5.74, 6) is -0.500. The first kappa shape index (κ1) is 16.3. The van der Waals surface area contributed by atoms with Crippen molar-refractivity contribution in [3.8, 4) is 0 Å². The molecule has 0 aromatic carbocycles. The first-order chi connectivity index (χ1) is 10.3. The van der Waals surface area contributed by atoms with E-state index in [4.69, 9.17) is 0 Å². The molecule has 0 saturated carbocycles. The Hall–Kier alpha value is -2.06. The van der Waals surface area contributed by atoms with E-state index >= 15 is 0 Å². The molecule has 2 rings (SSSR count). The molecule has 1 atom stereocenters. The van der Waals surface area contributed by atoms with E-state index in [0.717, 1.165) is 4.68 Å². The second kappa shape index (κ2) is 6.37. The first-order valence-corrected chi connectivity index (χ1v) is 6.91. The van der Waals surface area contributed by atoms with Gasteiger partial charge >= 0.3 is 6.18 Å². The van der Waals surface area contributed by atoms with E-state index in [2.05, 4.69) is 15.7 Å². The number of nitrogens with one attached hydrogen (secondary N) is 2. The summed E-state index contributed by atoms with van der Waals surface area (Å²) < 4.78 is 39.4. The van der Waals surface area contributed by atoms with Gasteiger partial charge in [-0.3, -0.25) is 14.3 Å². The molecule has 1 aromatic heterocycles. The zero-order valence-electron chi connectivity index (χ0n) is 12.0. The van der Waals surface area contributed by atoms with Gasteiger partial charge in [0.15, 0.2) is 5.69 Å². The van der Waals surface area contributed by atoms with Crippen molar-refractivity contribution in [2.45, 2.75) is 44.4 Å². The number of halogens is 3. The topological polar surface area (TPSA) is 76.0 Å². The van der Waals surface area contributed by atoms with Crippen LogP contribution in [0.25, 0.3) is 0 Å². The fourth-order valence-electron chi connectivity index (χ4n) is 2.43. The molecule has 2 heterocycles. The number of aryl methyl sites for hydroxylation is 1. The maximum atomic E-state index is 12.8. The monoisotopic (exact) mass is 318 g/mol. The standard InChI is InChI=1S/C13H17F3N4O2/c1-20-7-8(12(19-20)13(14,15)16)6-17-11(22)5-9-3-2-4-10(21)18-9/h7,9H,2-6H2,1H3,(H,17,22)(H,18,21). The highest BCUT2D eigenvalue weighted by Gasteiger charge is 2.36. The SMILES string of the molecule is Cn1cc(CNC(=O)CC2CCCC(=O)N2)c(C(F)(F)F)n1. The van der Waals surface area contributed by atoms with Crippen molar-refractivity contribution in [2.24, 2.45) is 7.05 Å². The van der Waals surface area contributed by atoms with Crippen LogP contribution in [0.1, 0.15) is 36.9 Å². The van der Waals surface area contributed by atoms with E-state index in [9.17, 15) is 22.8 Å². The predicted molar refractivity (Wildman–Crippen MR) is 70.5 cm³/mol. The van der Waals surface area contributed by atoms with Gasteiger partial charge in [-0.05, 0) is 12.8 Å².